The number of rotatable bonds is 1. The Labute approximate surface area is 124 Å². The molecule has 3 rings (SSSR count). The fourth-order valence-corrected chi connectivity index (χ4v) is 3.79. The molecule has 0 spiro atoms. The number of halogens is 1. The minimum atomic E-state index is 0.0585. The van der Waals surface area contributed by atoms with Gasteiger partial charge < -0.3 is 10.6 Å². The molecule has 0 unspecified atom stereocenters. The van der Waals surface area contributed by atoms with Crippen molar-refractivity contribution < 1.29 is 4.79 Å². The highest BCUT2D eigenvalue weighted by Gasteiger charge is 2.26. The minimum Gasteiger partial charge on any atom is -0.399 e. The first kappa shape index (κ1) is 12.7. The van der Waals surface area contributed by atoms with Crippen molar-refractivity contribution in [1.82, 2.24) is 0 Å². The van der Waals surface area contributed by atoms with Crippen LogP contribution in [0.2, 0.25) is 0 Å². The third-order valence-electron chi connectivity index (χ3n) is 3.32. The summed E-state index contributed by atoms with van der Waals surface area (Å²) in [6.07, 6.45) is 0.896. The lowest BCUT2D eigenvalue weighted by Gasteiger charge is -2.16. The summed E-state index contributed by atoms with van der Waals surface area (Å²) >= 11 is 4.95. The first-order valence-electron chi connectivity index (χ1n) is 6.02. The number of thiophene rings is 1. The Kier molecular flexibility index (Phi) is 3.11. The predicted octanol–water partition coefficient (Wildman–Crippen LogP) is 3.60. The van der Waals surface area contributed by atoms with Crippen LogP contribution >= 0.6 is 27.3 Å². The van der Waals surface area contributed by atoms with E-state index in [9.17, 15) is 4.79 Å². The van der Waals surface area contributed by atoms with Crippen molar-refractivity contribution in [3.8, 4) is 0 Å². The van der Waals surface area contributed by atoms with E-state index < -0.39 is 0 Å². The largest absolute Gasteiger partial charge is 0.399 e. The molecule has 19 heavy (non-hydrogen) atoms. The Morgan fingerprint density at radius 3 is 2.89 bits per heavy atom. The Balaban J connectivity index is 1.97. The molecule has 0 bridgehead atoms. The molecule has 1 aromatic carbocycles. The molecule has 98 valence electrons. The topological polar surface area (TPSA) is 46.3 Å². The molecule has 2 N–H and O–H groups in total. The normalized spacial score (nSPS) is 13.7. The third-order valence-corrected chi connectivity index (χ3v) is 5.44. The van der Waals surface area contributed by atoms with Crippen LogP contribution in [0.5, 0.6) is 0 Å². The quantitative estimate of drug-likeness (QED) is 0.808. The van der Waals surface area contributed by atoms with Crippen molar-refractivity contribution in [3.05, 3.63) is 44.1 Å². The van der Waals surface area contributed by atoms with Crippen molar-refractivity contribution in [1.29, 1.82) is 0 Å². The number of nitrogens with zero attached hydrogens (tertiary/aromatic N) is 1. The van der Waals surface area contributed by atoms with Crippen molar-refractivity contribution in [2.24, 2.45) is 0 Å². The van der Waals surface area contributed by atoms with Crippen LogP contribution in [-0.4, -0.2) is 12.5 Å². The maximum atomic E-state index is 12.6. The van der Waals surface area contributed by atoms with Gasteiger partial charge in [-0.05, 0) is 58.6 Å². The summed E-state index contributed by atoms with van der Waals surface area (Å²) in [5.41, 5.74) is 9.75. The van der Waals surface area contributed by atoms with Crippen LogP contribution < -0.4 is 10.6 Å². The average Bonchev–Trinajstić information content (AvgIpc) is 2.93. The van der Waals surface area contributed by atoms with E-state index in [2.05, 4.69) is 15.9 Å². The van der Waals surface area contributed by atoms with Gasteiger partial charge in [-0.1, -0.05) is 6.07 Å². The Hall–Kier alpha value is -1.33. The third kappa shape index (κ3) is 2.17. The number of benzene rings is 1. The highest BCUT2D eigenvalue weighted by Crippen LogP contribution is 2.34. The molecule has 0 saturated heterocycles. The van der Waals surface area contributed by atoms with Gasteiger partial charge in [-0.2, -0.15) is 0 Å². The molecule has 1 aliphatic heterocycles. The van der Waals surface area contributed by atoms with E-state index in [0.717, 1.165) is 32.9 Å². The summed E-state index contributed by atoms with van der Waals surface area (Å²) in [4.78, 5) is 15.1. The van der Waals surface area contributed by atoms with Crippen LogP contribution in [0, 0.1) is 6.92 Å². The van der Waals surface area contributed by atoms with E-state index in [1.54, 1.807) is 0 Å². The summed E-state index contributed by atoms with van der Waals surface area (Å²) in [6.45, 7) is 2.72. The highest BCUT2D eigenvalue weighted by molar-refractivity contribution is 9.11. The molecule has 2 heterocycles. The fourth-order valence-electron chi connectivity index (χ4n) is 2.31. The number of hydrogen-bond acceptors (Lipinski definition) is 3. The molecule has 0 fully saturated rings. The maximum absolute atomic E-state index is 12.6. The van der Waals surface area contributed by atoms with Crippen LogP contribution in [0.4, 0.5) is 11.4 Å². The minimum absolute atomic E-state index is 0.0585. The van der Waals surface area contributed by atoms with E-state index in [4.69, 9.17) is 5.73 Å². The summed E-state index contributed by atoms with van der Waals surface area (Å²) in [7, 11) is 0. The lowest BCUT2D eigenvalue weighted by molar-refractivity contribution is 0.0993. The number of hydrogen-bond donors (Lipinski definition) is 1. The number of fused-ring (bicyclic) bond motifs is 1. The molecule has 5 heteroatoms. The van der Waals surface area contributed by atoms with E-state index >= 15 is 0 Å². The van der Waals surface area contributed by atoms with E-state index in [1.807, 2.05) is 36.1 Å². The molecule has 0 radical (unpaired) electrons. The predicted molar refractivity (Wildman–Crippen MR) is 83.0 cm³/mol. The van der Waals surface area contributed by atoms with Crippen LogP contribution in [0.25, 0.3) is 0 Å². The molecule has 0 atom stereocenters. The Morgan fingerprint density at radius 2 is 2.21 bits per heavy atom. The van der Waals surface area contributed by atoms with Crippen molar-refractivity contribution in [3.63, 3.8) is 0 Å². The molecule has 1 aromatic heterocycles. The molecule has 2 aromatic rings. The van der Waals surface area contributed by atoms with Gasteiger partial charge >= 0.3 is 0 Å². The van der Waals surface area contributed by atoms with Gasteiger partial charge in [0.15, 0.2) is 0 Å². The highest BCUT2D eigenvalue weighted by atomic mass is 79.9. The monoisotopic (exact) mass is 336 g/mol. The first-order chi connectivity index (χ1) is 9.06. The Morgan fingerprint density at radius 1 is 1.42 bits per heavy atom. The van der Waals surface area contributed by atoms with Crippen LogP contribution in [0.3, 0.4) is 0 Å². The van der Waals surface area contributed by atoms with Gasteiger partial charge in [0.2, 0.25) is 0 Å². The van der Waals surface area contributed by atoms with Crippen LogP contribution in [0.15, 0.2) is 28.1 Å². The molecule has 1 amide bonds. The summed E-state index contributed by atoms with van der Waals surface area (Å²) < 4.78 is 1.02. The van der Waals surface area contributed by atoms with Gasteiger partial charge in [-0.25, -0.2) is 0 Å². The van der Waals surface area contributed by atoms with Gasteiger partial charge in [0.05, 0.1) is 8.66 Å². The number of nitrogens with two attached hydrogens (primary N) is 1. The summed E-state index contributed by atoms with van der Waals surface area (Å²) in [5.74, 6) is 0.0585. The molecule has 1 aliphatic rings. The fraction of sp³-hybridized carbons (Fsp3) is 0.214. The van der Waals surface area contributed by atoms with Crippen LogP contribution in [0.1, 0.15) is 20.8 Å². The lowest BCUT2D eigenvalue weighted by Crippen LogP contribution is -2.28. The number of amides is 1. The number of nitrogen functional groups attached to an aromatic ring is 1. The second-order valence-electron chi connectivity index (χ2n) is 4.66. The van der Waals surface area contributed by atoms with Gasteiger partial charge in [0.1, 0.15) is 0 Å². The lowest BCUT2D eigenvalue weighted by atomic mass is 10.1. The molecule has 0 aliphatic carbocycles. The standard InChI is InChI=1S/C14H13BrN2OS/c1-8-6-12(19-13(8)15)14(18)17-5-4-9-2-3-10(16)7-11(9)17/h2-3,6-7H,4-5,16H2,1H3. The van der Waals surface area contributed by atoms with Crippen molar-refractivity contribution in [2.75, 3.05) is 17.2 Å². The number of aryl methyl sites for hydroxylation is 1. The van der Waals surface area contributed by atoms with Gasteiger partial charge in [0.25, 0.3) is 5.91 Å². The maximum Gasteiger partial charge on any atom is 0.268 e. The number of anilines is 2. The first-order valence-corrected chi connectivity index (χ1v) is 7.63. The smallest absolute Gasteiger partial charge is 0.268 e. The second kappa shape index (κ2) is 4.65. The van der Waals surface area contributed by atoms with Crippen LogP contribution in [-0.2, 0) is 6.42 Å². The van der Waals surface area contributed by atoms with Gasteiger partial charge in [-0.3, -0.25) is 4.79 Å². The zero-order valence-electron chi connectivity index (χ0n) is 10.4. The molecule has 0 saturated carbocycles. The summed E-state index contributed by atoms with van der Waals surface area (Å²) in [6, 6.07) is 7.71. The van der Waals surface area contributed by atoms with E-state index in [-0.39, 0.29) is 5.91 Å². The second-order valence-corrected chi connectivity index (χ2v) is 7.03. The SMILES string of the molecule is Cc1cc(C(=O)N2CCc3ccc(N)cc32)sc1Br. The molecular formula is C14H13BrN2OS. The number of carbonyl (C=O) groups is 1. The van der Waals surface area contributed by atoms with Crippen molar-refractivity contribution in [2.45, 2.75) is 13.3 Å². The number of carbonyl (C=O) groups excluding carboxylic acids is 1. The zero-order valence-corrected chi connectivity index (χ0v) is 12.8. The average molecular weight is 337 g/mol. The van der Waals surface area contributed by atoms with E-state index in [0.29, 0.717) is 5.69 Å². The molecular weight excluding hydrogens is 324 g/mol. The molecule has 3 nitrogen and oxygen atoms in total. The van der Waals surface area contributed by atoms with Gasteiger partial charge in [0, 0.05) is 17.9 Å². The zero-order chi connectivity index (χ0) is 13.6. The van der Waals surface area contributed by atoms with Crippen molar-refractivity contribution >= 4 is 44.5 Å². The summed E-state index contributed by atoms with van der Waals surface area (Å²) in [5, 5.41) is 0. The van der Waals surface area contributed by atoms with Gasteiger partial charge in [-0.15, -0.1) is 11.3 Å². The Bertz CT molecular complexity index is 646. The van der Waals surface area contributed by atoms with E-state index in [1.165, 1.54) is 16.9 Å².